The van der Waals surface area contributed by atoms with Crippen molar-refractivity contribution in [2.75, 3.05) is 0 Å². The zero-order valence-corrected chi connectivity index (χ0v) is 10.5. The van der Waals surface area contributed by atoms with Crippen LogP contribution in [0.5, 0.6) is 5.75 Å². The normalized spacial score (nSPS) is 20.9. The molecule has 1 amide bonds. The number of benzene rings is 1. The van der Waals surface area contributed by atoms with E-state index in [1.165, 1.54) is 0 Å². The molecule has 1 unspecified atom stereocenters. The highest BCUT2D eigenvalue weighted by Crippen LogP contribution is 2.12. The number of hydrogen-bond acceptors (Lipinski definition) is 4. The van der Waals surface area contributed by atoms with E-state index >= 15 is 0 Å². The molecule has 96 valence electrons. The van der Waals surface area contributed by atoms with Gasteiger partial charge >= 0.3 is 6.09 Å². The lowest BCUT2D eigenvalue weighted by Gasteiger charge is -2.16. The number of amides is 1. The molecule has 2 N–H and O–H groups in total. The third kappa shape index (κ3) is 2.58. The Hall–Kier alpha value is -2.11. The van der Waals surface area contributed by atoms with Gasteiger partial charge in [0.15, 0.2) is 0 Å². The van der Waals surface area contributed by atoms with Gasteiger partial charge in [-0.1, -0.05) is 0 Å². The van der Waals surface area contributed by atoms with Crippen LogP contribution >= 0.6 is 0 Å². The summed E-state index contributed by atoms with van der Waals surface area (Å²) in [4.78, 5) is 19.2. The van der Waals surface area contributed by atoms with Crippen LogP contribution in [-0.2, 0) is 0 Å². The molecule has 1 heterocycles. The van der Waals surface area contributed by atoms with Crippen LogP contribution in [0.4, 0.5) is 4.79 Å². The Morgan fingerprint density at radius 1 is 1.39 bits per heavy atom. The van der Waals surface area contributed by atoms with Crippen LogP contribution in [0.25, 0.3) is 0 Å². The minimum Gasteiger partial charge on any atom is -0.491 e. The van der Waals surface area contributed by atoms with E-state index in [1.54, 1.807) is 25.1 Å². The number of nitrogens with one attached hydrogen (secondary N) is 1. The van der Waals surface area contributed by atoms with Gasteiger partial charge in [0.1, 0.15) is 5.75 Å². The maximum absolute atomic E-state index is 10.7. The molecule has 1 aromatic rings. The van der Waals surface area contributed by atoms with Crippen LogP contribution in [0.1, 0.15) is 20.8 Å². The van der Waals surface area contributed by atoms with Gasteiger partial charge in [-0.2, -0.15) is 0 Å². The second-order valence-corrected chi connectivity index (χ2v) is 4.49. The Kier molecular flexibility index (Phi) is 2.94. The molecular formula is C12H15N3O3. The molecule has 0 aliphatic carbocycles. The van der Waals surface area contributed by atoms with Gasteiger partial charge in [0, 0.05) is 13.0 Å². The summed E-state index contributed by atoms with van der Waals surface area (Å²) in [5.74, 6) is -0.452. The molecule has 1 aliphatic rings. The Labute approximate surface area is 104 Å². The molecule has 0 radical (unpaired) electrons. The summed E-state index contributed by atoms with van der Waals surface area (Å²) < 4.78 is 5.55. The fourth-order valence-electron chi connectivity index (χ4n) is 1.79. The summed E-state index contributed by atoms with van der Waals surface area (Å²) in [5.41, 5.74) is 0. The van der Waals surface area contributed by atoms with Gasteiger partial charge in [-0.15, -0.1) is 0 Å². The van der Waals surface area contributed by atoms with Crippen molar-refractivity contribution in [2.45, 2.75) is 32.7 Å². The average Bonchev–Trinajstić information content (AvgIpc) is 2.50. The molecule has 2 rings (SSSR count). The van der Waals surface area contributed by atoms with Crippen LogP contribution in [0.15, 0.2) is 28.2 Å². The van der Waals surface area contributed by atoms with Gasteiger partial charge in [-0.3, -0.25) is 5.32 Å². The minimum atomic E-state index is -1.16. The van der Waals surface area contributed by atoms with Crippen molar-refractivity contribution in [3.63, 3.8) is 0 Å². The number of fused-ring (bicyclic) bond motifs is 1. The van der Waals surface area contributed by atoms with E-state index in [-0.39, 0.29) is 6.10 Å². The lowest BCUT2D eigenvalue weighted by Crippen LogP contribution is -2.41. The van der Waals surface area contributed by atoms with E-state index in [2.05, 4.69) is 15.3 Å². The van der Waals surface area contributed by atoms with Crippen molar-refractivity contribution in [1.82, 2.24) is 5.32 Å². The molecule has 0 fully saturated rings. The van der Waals surface area contributed by atoms with Gasteiger partial charge in [-0.05, 0) is 26.0 Å². The zero-order valence-electron chi connectivity index (χ0n) is 10.5. The zero-order chi connectivity index (χ0) is 13.3. The number of carboxylic acid groups (broad SMARTS) is 1. The van der Waals surface area contributed by atoms with E-state index in [4.69, 9.17) is 9.84 Å². The molecule has 6 heteroatoms. The van der Waals surface area contributed by atoms with Crippen LogP contribution < -0.4 is 20.8 Å². The SMILES string of the molecule is CC(C)Oc1ccc2c(c1)=NC(C)(NC(=O)O)N=2. The van der Waals surface area contributed by atoms with Crippen LogP contribution in [0, 0.1) is 0 Å². The van der Waals surface area contributed by atoms with Crippen molar-refractivity contribution in [3.8, 4) is 5.75 Å². The van der Waals surface area contributed by atoms with Crippen molar-refractivity contribution >= 4 is 6.09 Å². The first-order valence-corrected chi connectivity index (χ1v) is 5.65. The number of nitrogens with zero attached hydrogens (tertiary/aromatic N) is 2. The summed E-state index contributed by atoms with van der Waals surface area (Å²) in [6.07, 6.45) is -1.08. The number of hydrogen-bond donors (Lipinski definition) is 2. The predicted octanol–water partition coefficient (Wildman–Crippen LogP) is 0.668. The Balaban J connectivity index is 2.36. The van der Waals surface area contributed by atoms with Crippen molar-refractivity contribution in [3.05, 3.63) is 28.9 Å². The van der Waals surface area contributed by atoms with Crippen LogP contribution in [0.3, 0.4) is 0 Å². The molecule has 1 aliphatic heterocycles. The first-order valence-electron chi connectivity index (χ1n) is 5.65. The lowest BCUT2D eigenvalue weighted by atomic mass is 10.3. The molecule has 0 saturated heterocycles. The van der Waals surface area contributed by atoms with E-state index < -0.39 is 11.9 Å². The molecule has 0 bridgehead atoms. The van der Waals surface area contributed by atoms with Crippen molar-refractivity contribution in [1.29, 1.82) is 0 Å². The highest BCUT2D eigenvalue weighted by atomic mass is 16.5. The highest BCUT2D eigenvalue weighted by Gasteiger charge is 2.27. The van der Waals surface area contributed by atoms with Crippen molar-refractivity contribution in [2.24, 2.45) is 9.98 Å². The molecule has 0 saturated carbocycles. The Bertz CT molecular complexity index is 597. The summed E-state index contributed by atoms with van der Waals surface area (Å²) in [6.45, 7) is 5.47. The molecule has 18 heavy (non-hydrogen) atoms. The fourth-order valence-corrected chi connectivity index (χ4v) is 1.79. The predicted molar refractivity (Wildman–Crippen MR) is 64.1 cm³/mol. The summed E-state index contributed by atoms with van der Waals surface area (Å²) in [6, 6.07) is 5.32. The van der Waals surface area contributed by atoms with Crippen LogP contribution in [-0.4, -0.2) is 23.1 Å². The van der Waals surface area contributed by atoms with Gasteiger partial charge < -0.3 is 9.84 Å². The Morgan fingerprint density at radius 2 is 2.06 bits per heavy atom. The van der Waals surface area contributed by atoms with Gasteiger partial charge in [0.05, 0.1) is 16.8 Å². The van der Waals surface area contributed by atoms with Crippen LogP contribution in [0.2, 0.25) is 0 Å². The topological polar surface area (TPSA) is 83.3 Å². The number of rotatable bonds is 3. The third-order valence-corrected chi connectivity index (χ3v) is 2.34. The maximum Gasteiger partial charge on any atom is 0.408 e. The lowest BCUT2D eigenvalue weighted by molar-refractivity contribution is 0.182. The van der Waals surface area contributed by atoms with Crippen molar-refractivity contribution < 1.29 is 14.6 Å². The highest BCUT2D eigenvalue weighted by molar-refractivity contribution is 5.65. The minimum absolute atomic E-state index is 0.0740. The quantitative estimate of drug-likeness (QED) is 0.825. The molecular weight excluding hydrogens is 234 g/mol. The van der Waals surface area contributed by atoms with E-state index in [0.717, 1.165) is 0 Å². The van der Waals surface area contributed by atoms with Gasteiger partial charge in [0.2, 0.25) is 5.79 Å². The second-order valence-electron chi connectivity index (χ2n) is 4.49. The fraction of sp³-hybridized carbons (Fsp3) is 0.417. The molecule has 6 nitrogen and oxygen atoms in total. The average molecular weight is 249 g/mol. The van der Waals surface area contributed by atoms with Gasteiger partial charge in [-0.25, -0.2) is 14.8 Å². The smallest absolute Gasteiger partial charge is 0.408 e. The van der Waals surface area contributed by atoms with Gasteiger partial charge in [0.25, 0.3) is 0 Å². The largest absolute Gasteiger partial charge is 0.491 e. The Morgan fingerprint density at radius 3 is 2.67 bits per heavy atom. The van der Waals surface area contributed by atoms with E-state index in [9.17, 15) is 4.79 Å². The number of carbonyl (C=O) groups is 1. The van der Waals surface area contributed by atoms with E-state index in [0.29, 0.717) is 16.5 Å². The first kappa shape index (κ1) is 12.3. The molecule has 0 spiro atoms. The second kappa shape index (κ2) is 4.29. The molecule has 1 aromatic carbocycles. The summed E-state index contributed by atoms with van der Waals surface area (Å²) in [5, 5.41) is 12.3. The summed E-state index contributed by atoms with van der Waals surface area (Å²) >= 11 is 0. The standard InChI is InChI=1S/C12H15N3O3/c1-7(2)18-8-4-5-9-10(6-8)14-12(3,13-9)15-11(16)17/h4-7,15H,1-3H3,(H,16,17). The number of ether oxygens (including phenoxy) is 1. The third-order valence-electron chi connectivity index (χ3n) is 2.34. The summed E-state index contributed by atoms with van der Waals surface area (Å²) in [7, 11) is 0. The molecule has 0 aromatic heterocycles. The molecule has 1 atom stereocenters. The van der Waals surface area contributed by atoms with E-state index in [1.807, 2.05) is 13.8 Å². The first-order chi connectivity index (χ1) is 8.38. The maximum atomic E-state index is 10.7. The monoisotopic (exact) mass is 249 g/mol.